The topological polar surface area (TPSA) is 134 Å². The van der Waals surface area contributed by atoms with Gasteiger partial charge in [0.25, 0.3) is 0 Å². The van der Waals surface area contributed by atoms with E-state index >= 15 is 0 Å². The zero-order valence-corrected chi connectivity index (χ0v) is 54.7. The van der Waals surface area contributed by atoms with Crippen molar-refractivity contribution in [3.8, 4) is 0 Å². The molecule has 0 saturated carbocycles. The summed E-state index contributed by atoms with van der Waals surface area (Å²) in [5.74, 6) is -0.837. The Hall–Kier alpha value is -3.85. The first kappa shape index (κ1) is 80.2. The molecule has 0 heterocycles. The van der Waals surface area contributed by atoms with Crippen molar-refractivity contribution < 1.29 is 37.6 Å². The molecular formula is C74H126NO8P. The van der Waals surface area contributed by atoms with E-state index in [1.54, 1.807) is 0 Å². The van der Waals surface area contributed by atoms with Crippen LogP contribution in [0.4, 0.5) is 0 Å². The van der Waals surface area contributed by atoms with E-state index in [2.05, 4.69) is 148 Å². The van der Waals surface area contributed by atoms with Crippen LogP contribution < -0.4 is 5.73 Å². The molecule has 0 amide bonds. The van der Waals surface area contributed by atoms with Gasteiger partial charge in [-0.25, -0.2) is 4.57 Å². The van der Waals surface area contributed by atoms with E-state index in [0.717, 1.165) is 116 Å². The van der Waals surface area contributed by atoms with E-state index in [1.165, 1.54) is 141 Å². The van der Waals surface area contributed by atoms with Crippen molar-refractivity contribution in [1.82, 2.24) is 0 Å². The van der Waals surface area contributed by atoms with Crippen molar-refractivity contribution in [2.75, 3.05) is 26.4 Å². The van der Waals surface area contributed by atoms with Crippen molar-refractivity contribution in [2.24, 2.45) is 5.73 Å². The first-order valence-corrected chi connectivity index (χ1v) is 35.7. The maximum atomic E-state index is 12.7. The standard InChI is InChI=1S/C74H126NO8P/c1-3-5-7-9-11-13-15-17-19-21-23-25-27-28-29-30-31-32-33-34-35-36-37-38-39-40-41-42-43-44-45-47-49-51-53-55-57-59-61-63-65-67-74(77)83-72(71-82-84(78,79)81-69-68-75)70-80-73(76)66-64-62-60-58-56-54-52-50-48-46-26-24-22-20-18-16-14-12-10-8-6-4-2/h5,7,11,13,17,19,23,25,28-29,31-32,34-35,37-38,40-41,43-44,47,49,72H,3-4,6,8-10,12,14-16,18,20-22,24,26-27,30,33,36,39,42,45-46,48,50-71,75H2,1-2H3,(H,78,79)/b7-5-,13-11-,19-17-,25-23-,29-28-,32-31-,35-34-,38-37-,41-40-,44-43-,49-47-. The van der Waals surface area contributed by atoms with Crippen LogP contribution in [0.2, 0.25) is 0 Å². The minimum Gasteiger partial charge on any atom is -0.462 e. The van der Waals surface area contributed by atoms with Gasteiger partial charge in [0.1, 0.15) is 6.61 Å². The summed E-state index contributed by atoms with van der Waals surface area (Å²) in [7, 11) is -4.40. The summed E-state index contributed by atoms with van der Waals surface area (Å²) in [6, 6.07) is 0. The Labute approximate surface area is 516 Å². The van der Waals surface area contributed by atoms with E-state index in [-0.39, 0.29) is 38.6 Å². The molecule has 2 atom stereocenters. The van der Waals surface area contributed by atoms with Crippen LogP contribution in [0.3, 0.4) is 0 Å². The van der Waals surface area contributed by atoms with Crippen LogP contribution in [-0.4, -0.2) is 49.3 Å². The van der Waals surface area contributed by atoms with Gasteiger partial charge in [0.15, 0.2) is 6.10 Å². The van der Waals surface area contributed by atoms with E-state index in [0.29, 0.717) is 6.42 Å². The summed E-state index contributed by atoms with van der Waals surface area (Å²) >= 11 is 0. The minimum absolute atomic E-state index is 0.0469. The smallest absolute Gasteiger partial charge is 0.462 e. The number of phosphoric ester groups is 1. The Morgan fingerprint density at radius 1 is 0.369 bits per heavy atom. The number of hydrogen-bond donors (Lipinski definition) is 2. The molecule has 0 radical (unpaired) electrons. The van der Waals surface area contributed by atoms with Crippen molar-refractivity contribution in [3.05, 3.63) is 134 Å². The number of carbonyl (C=O) groups is 2. The van der Waals surface area contributed by atoms with Gasteiger partial charge < -0.3 is 20.1 Å². The number of hydrogen-bond acceptors (Lipinski definition) is 8. The molecule has 0 spiro atoms. The predicted octanol–water partition coefficient (Wildman–Crippen LogP) is 22.5. The number of unbranched alkanes of at least 4 members (excludes halogenated alkanes) is 28. The largest absolute Gasteiger partial charge is 0.472 e. The average Bonchev–Trinajstić information content (AvgIpc) is 3.55. The van der Waals surface area contributed by atoms with Gasteiger partial charge in [-0.3, -0.25) is 18.6 Å². The van der Waals surface area contributed by atoms with Gasteiger partial charge >= 0.3 is 19.8 Å². The van der Waals surface area contributed by atoms with Gasteiger partial charge in [0.05, 0.1) is 13.2 Å². The first-order chi connectivity index (χ1) is 41.3. The third-order valence-electron chi connectivity index (χ3n) is 14.3. The van der Waals surface area contributed by atoms with Crippen LogP contribution in [-0.2, 0) is 32.7 Å². The van der Waals surface area contributed by atoms with Crippen molar-refractivity contribution in [1.29, 1.82) is 0 Å². The summed E-state index contributed by atoms with van der Waals surface area (Å²) in [5, 5.41) is 0. The molecule has 480 valence electrons. The molecule has 10 heteroatoms. The molecule has 0 aromatic heterocycles. The molecule has 0 saturated heterocycles. The highest BCUT2D eigenvalue weighted by Gasteiger charge is 2.26. The molecule has 3 N–H and O–H groups in total. The zero-order chi connectivity index (χ0) is 60.9. The highest BCUT2D eigenvalue weighted by atomic mass is 31.2. The Kier molecular flexibility index (Phi) is 65.1. The quantitative estimate of drug-likeness (QED) is 0.0264. The summed E-state index contributed by atoms with van der Waals surface area (Å²) in [4.78, 5) is 35.3. The van der Waals surface area contributed by atoms with Crippen LogP contribution in [0.5, 0.6) is 0 Å². The monoisotopic (exact) mass is 1190 g/mol. The summed E-state index contributed by atoms with van der Waals surface area (Å²) in [5.41, 5.74) is 5.39. The third-order valence-corrected chi connectivity index (χ3v) is 15.3. The van der Waals surface area contributed by atoms with E-state index < -0.39 is 26.5 Å². The number of allylic oxidation sites excluding steroid dienone is 22. The Morgan fingerprint density at radius 3 is 0.976 bits per heavy atom. The molecule has 0 bridgehead atoms. The lowest BCUT2D eigenvalue weighted by Gasteiger charge is -2.19. The lowest BCUT2D eigenvalue weighted by Crippen LogP contribution is -2.29. The number of esters is 2. The number of nitrogens with two attached hydrogens (primary N) is 1. The highest BCUT2D eigenvalue weighted by Crippen LogP contribution is 2.43. The van der Waals surface area contributed by atoms with Gasteiger partial charge in [-0.05, 0) is 96.3 Å². The van der Waals surface area contributed by atoms with Crippen molar-refractivity contribution in [3.63, 3.8) is 0 Å². The number of carbonyl (C=O) groups excluding carboxylic acids is 2. The van der Waals surface area contributed by atoms with Gasteiger partial charge in [-0.15, -0.1) is 0 Å². The minimum atomic E-state index is -4.40. The molecule has 9 nitrogen and oxygen atoms in total. The highest BCUT2D eigenvalue weighted by molar-refractivity contribution is 7.47. The van der Waals surface area contributed by atoms with E-state index in [4.69, 9.17) is 24.3 Å². The van der Waals surface area contributed by atoms with Crippen LogP contribution in [0.25, 0.3) is 0 Å². The molecule has 84 heavy (non-hydrogen) atoms. The van der Waals surface area contributed by atoms with Crippen LogP contribution in [0, 0.1) is 0 Å². The molecule has 2 unspecified atom stereocenters. The van der Waals surface area contributed by atoms with E-state index in [9.17, 15) is 19.0 Å². The third kappa shape index (κ3) is 67.3. The number of phosphoric acid groups is 1. The number of ether oxygens (including phenoxy) is 2. The molecule has 0 aliphatic rings. The van der Waals surface area contributed by atoms with Crippen molar-refractivity contribution in [2.45, 2.75) is 296 Å². The fraction of sp³-hybridized carbons (Fsp3) is 0.676. The van der Waals surface area contributed by atoms with Gasteiger partial charge in [0.2, 0.25) is 0 Å². The number of rotatable bonds is 63. The molecule has 0 aromatic carbocycles. The molecular weight excluding hydrogens is 1060 g/mol. The molecule has 0 fully saturated rings. The second-order valence-electron chi connectivity index (χ2n) is 22.3. The Bertz CT molecular complexity index is 1840. The Morgan fingerprint density at radius 2 is 0.655 bits per heavy atom. The van der Waals surface area contributed by atoms with Crippen LogP contribution in [0.1, 0.15) is 290 Å². The predicted molar refractivity (Wildman–Crippen MR) is 362 cm³/mol. The van der Waals surface area contributed by atoms with Gasteiger partial charge in [-0.1, -0.05) is 314 Å². The maximum Gasteiger partial charge on any atom is 0.472 e. The maximum absolute atomic E-state index is 12.7. The van der Waals surface area contributed by atoms with Crippen LogP contribution >= 0.6 is 7.82 Å². The van der Waals surface area contributed by atoms with Crippen molar-refractivity contribution >= 4 is 19.8 Å². The summed E-state index contributed by atoms with van der Waals surface area (Å²) in [6.07, 6.45) is 96.7. The lowest BCUT2D eigenvalue weighted by atomic mass is 10.0. The average molecular weight is 1190 g/mol. The first-order valence-electron chi connectivity index (χ1n) is 34.2. The van der Waals surface area contributed by atoms with Crippen LogP contribution in [0.15, 0.2) is 134 Å². The molecule has 0 aliphatic carbocycles. The fourth-order valence-corrected chi connectivity index (χ4v) is 10.1. The van der Waals surface area contributed by atoms with E-state index in [1.807, 2.05) is 0 Å². The molecule has 0 aliphatic heterocycles. The summed E-state index contributed by atoms with van der Waals surface area (Å²) in [6.45, 7) is 3.64. The fourth-order valence-electron chi connectivity index (χ4n) is 9.29. The molecule has 0 rings (SSSR count). The zero-order valence-electron chi connectivity index (χ0n) is 53.8. The normalized spacial score (nSPS) is 13.8. The SMILES string of the molecule is CC/C=C\C/C=C\C/C=C\C/C=C\C/C=C\C/C=C\C/C=C\C/C=C\C/C=C\C/C=C\C/C=C\CCCCCCCCCC(=O)OC(COC(=O)CCCCCCCCCCCCCCCCCCCCCCCC)COP(=O)(O)OCCN. The lowest BCUT2D eigenvalue weighted by molar-refractivity contribution is -0.161. The summed E-state index contributed by atoms with van der Waals surface area (Å²) < 4.78 is 33.1. The van der Waals surface area contributed by atoms with Gasteiger partial charge in [0, 0.05) is 19.4 Å². The van der Waals surface area contributed by atoms with Gasteiger partial charge in [-0.2, -0.15) is 0 Å². The molecule has 0 aromatic rings. The Balaban J connectivity index is 3.97. The second kappa shape index (κ2) is 68.3. The second-order valence-corrected chi connectivity index (χ2v) is 23.8.